The molecule has 1 aliphatic carbocycles. The largest absolute Gasteiger partial charge is 0.487 e. The highest BCUT2D eigenvalue weighted by Crippen LogP contribution is 2.21. The van der Waals surface area contributed by atoms with Crippen LogP contribution in [-0.2, 0) is 6.54 Å². The van der Waals surface area contributed by atoms with E-state index in [-0.39, 0.29) is 17.6 Å². The number of rotatable bonds is 6. The van der Waals surface area contributed by atoms with E-state index >= 15 is 0 Å². The number of fused-ring (bicyclic) bond motifs is 1. The molecule has 1 saturated heterocycles. The molecule has 1 aliphatic heterocycles. The minimum absolute atomic E-state index is 0.0730. The van der Waals surface area contributed by atoms with E-state index in [1.165, 1.54) is 0 Å². The van der Waals surface area contributed by atoms with E-state index in [9.17, 15) is 9.59 Å². The van der Waals surface area contributed by atoms with Crippen molar-refractivity contribution in [1.82, 2.24) is 25.2 Å². The van der Waals surface area contributed by atoms with Gasteiger partial charge < -0.3 is 15.0 Å². The summed E-state index contributed by atoms with van der Waals surface area (Å²) in [5, 5.41) is 2.93. The first-order chi connectivity index (χ1) is 15.0. The Bertz CT molecular complexity index is 1170. The molecule has 0 aromatic carbocycles. The number of carbonyl (C=O) groups excluding carboxylic acids is 1. The van der Waals surface area contributed by atoms with Gasteiger partial charge in [-0.25, -0.2) is 4.98 Å². The first kappa shape index (κ1) is 19.7. The number of hydrogen-bond acceptors (Lipinski definition) is 6. The van der Waals surface area contributed by atoms with Gasteiger partial charge in [0.05, 0.1) is 17.2 Å². The predicted molar refractivity (Wildman–Crippen MR) is 116 cm³/mol. The molecule has 160 valence electrons. The molecule has 2 aliphatic rings. The fraction of sp³-hybridized carbons (Fsp3) is 0.391. The maximum absolute atomic E-state index is 12.0. The number of ether oxygens (including phenoxy) is 1. The Morgan fingerprint density at radius 3 is 2.87 bits per heavy atom. The Kier molecular flexibility index (Phi) is 5.15. The maximum Gasteiger partial charge on any atom is 0.270 e. The van der Waals surface area contributed by atoms with Crippen molar-refractivity contribution in [1.29, 1.82) is 0 Å². The molecule has 0 bridgehead atoms. The molecule has 5 rings (SSSR count). The van der Waals surface area contributed by atoms with Crippen molar-refractivity contribution < 1.29 is 9.53 Å². The minimum Gasteiger partial charge on any atom is -0.487 e. The second-order valence-electron chi connectivity index (χ2n) is 8.45. The number of nitrogens with zero attached hydrogens (tertiary/aromatic N) is 3. The van der Waals surface area contributed by atoms with Crippen molar-refractivity contribution in [2.45, 2.75) is 44.9 Å². The number of carbonyl (C=O) groups is 1. The lowest BCUT2D eigenvalue weighted by Crippen LogP contribution is -2.26. The number of hydrogen-bond donors (Lipinski definition) is 2. The van der Waals surface area contributed by atoms with Gasteiger partial charge in [-0.15, -0.1) is 0 Å². The number of amides is 1. The van der Waals surface area contributed by atoms with Gasteiger partial charge >= 0.3 is 0 Å². The molecular weight excluding hydrogens is 394 g/mol. The lowest BCUT2D eigenvalue weighted by Gasteiger charge is -2.17. The van der Waals surface area contributed by atoms with E-state index in [0.717, 1.165) is 55.5 Å². The van der Waals surface area contributed by atoms with E-state index in [4.69, 9.17) is 4.74 Å². The summed E-state index contributed by atoms with van der Waals surface area (Å²) in [7, 11) is 0. The van der Waals surface area contributed by atoms with Crippen LogP contribution in [0.3, 0.4) is 0 Å². The summed E-state index contributed by atoms with van der Waals surface area (Å²) in [4.78, 5) is 37.8. The number of H-pyrrole nitrogens is 1. The Labute approximate surface area is 179 Å². The van der Waals surface area contributed by atoms with Crippen LogP contribution in [-0.4, -0.2) is 51.0 Å². The van der Waals surface area contributed by atoms with Crippen LogP contribution in [0.5, 0.6) is 5.75 Å². The molecule has 0 radical (unpaired) electrons. The molecule has 1 saturated carbocycles. The first-order valence-electron chi connectivity index (χ1n) is 10.7. The maximum atomic E-state index is 12.0. The number of aryl methyl sites for hydroxylation is 1. The summed E-state index contributed by atoms with van der Waals surface area (Å²) in [6.45, 7) is 4.25. The van der Waals surface area contributed by atoms with Crippen LogP contribution in [0.25, 0.3) is 11.0 Å². The molecule has 1 amide bonds. The third kappa shape index (κ3) is 4.59. The van der Waals surface area contributed by atoms with Crippen LogP contribution < -0.4 is 15.6 Å². The quantitative estimate of drug-likeness (QED) is 0.635. The monoisotopic (exact) mass is 419 g/mol. The average molecular weight is 419 g/mol. The van der Waals surface area contributed by atoms with Gasteiger partial charge in [0.25, 0.3) is 11.5 Å². The summed E-state index contributed by atoms with van der Waals surface area (Å²) in [6, 6.07) is 7.64. The zero-order valence-corrected chi connectivity index (χ0v) is 17.4. The average Bonchev–Trinajstić information content (AvgIpc) is 3.47. The summed E-state index contributed by atoms with van der Waals surface area (Å²) in [6.07, 6.45) is 6.58. The molecule has 31 heavy (non-hydrogen) atoms. The number of nitrogens with one attached hydrogen (secondary N) is 2. The van der Waals surface area contributed by atoms with Crippen molar-refractivity contribution >= 4 is 16.9 Å². The summed E-state index contributed by atoms with van der Waals surface area (Å²) < 4.78 is 6.07. The van der Waals surface area contributed by atoms with Crippen LogP contribution >= 0.6 is 0 Å². The van der Waals surface area contributed by atoms with Crippen LogP contribution in [0.2, 0.25) is 0 Å². The Morgan fingerprint density at radius 2 is 2.10 bits per heavy atom. The zero-order chi connectivity index (χ0) is 21.4. The fourth-order valence-corrected chi connectivity index (χ4v) is 3.87. The highest BCUT2D eigenvalue weighted by Gasteiger charge is 2.26. The van der Waals surface area contributed by atoms with E-state index in [2.05, 4.69) is 25.2 Å². The molecule has 2 N–H and O–H groups in total. The Morgan fingerprint density at radius 1 is 1.23 bits per heavy atom. The molecule has 3 aromatic heterocycles. The second-order valence-corrected chi connectivity index (χ2v) is 8.45. The van der Waals surface area contributed by atoms with Gasteiger partial charge in [-0.05, 0) is 56.0 Å². The van der Waals surface area contributed by atoms with Crippen LogP contribution in [0.15, 0.2) is 41.5 Å². The predicted octanol–water partition coefficient (Wildman–Crippen LogP) is 2.17. The van der Waals surface area contributed by atoms with Gasteiger partial charge in [0.1, 0.15) is 17.5 Å². The van der Waals surface area contributed by atoms with Crippen LogP contribution in [0, 0.1) is 6.92 Å². The van der Waals surface area contributed by atoms with Crippen molar-refractivity contribution in [2.75, 3.05) is 13.1 Å². The van der Waals surface area contributed by atoms with E-state index < -0.39 is 0 Å². The van der Waals surface area contributed by atoms with Crippen molar-refractivity contribution in [3.8, 4) is 5.75 Å². The first-order valence-corrected chi connectivity index (χ1v) is 10.7. The van der Waals surface area contributed by atoms with Crippen molar-refractivity contribution in [2.24, 2.45) is 0 Å². The molecule has 0 spiro atoms. The molecule has 8 nitrogen and oxygen atoms in total. The highest BCUT2D eigenvalue weighted by atomic mass is 16.5. The lowest BCUT2D eigenvalue weighted by molar-refractivity contribution is 0.0946. The van der Waals surface area contributed by atoms with Gasteiger partial charge in [0.15, 0.2) is 0 Å². The van der Waals surface area contributed by atoms with Gasteiger partial charge in [0.2, 0.25) is 0 Å². The standard InChI is InChI=1S/C23H25N5O3/c1-14-8-20-21(27-22(14)29)9-15(10-24-20)12-28-7-6-18(13-28)31-17-4-5-19(25-11-17)23(30)26-16-2-3-16/h4-5,8-11,16,18H,2-3,6-7,12-13H2,1H3,(H,26,30)(H,27,29). The summed E-state index contributed by atoms with van der Waals surface area (Å²) in [5.41, 5.74) is 3.62. The number of aromatic amines is 1. The Balaban J connectivity index is 1.17. The molecular formula is C23H25N5O3. The zero-order valence-electron chi connectivity index (χ0n) is 17.4. The van der Waals surface area contributed by atoms with Gasteiger partial charge in [-0.2, -0.15) is 0 Å². The fourth-order valence-electron chi connectivity index (χ4n) is 3.87. The molecule has 1 atom stereocenters. The van der Waals surface area contributed by atoms with Crippen LogP contribution in [0.1, 0.15) is 40.9 Å². The highest BCUT2D eigenvalue weighted by molar-refractivity contribution is 5.92. The second kappa shape index (κ2) is 8.11. The number of aromatic nitrogens is 3. The molecule has 8 heteroatoms. The smallest absolute Gasteiger partial charge is 0.270 e. The lowest BCUT2D eigenvalue weighted by atomic mass is 10.2. The number of likely N-dealkylation sites (tertiary alicyclic amines) is 1. The SMILES string of the molecule is Cc1cc2ncc(CN3CCC(Oc4ccc(C(=O)NC5CC5)nc4)C3)cc2[nH]c1=O. The van der Waals surface area contributed by atoms with Crippen LogP contribution in [0.4, 0.5) is 0 Å². The topological polar surface area (TPSA) is 100 Å². The van der Waals surface area contributed by atoms with E-state index in [1.807, 2.05) is 24.4 Å². The van der Waals surface area contributed by atoms with E-state index in [1.54, 1.807) is 19.2 Å². The summed E-state index contributed by atoms with van der Waals surface area (Å²) in [5.74, 6) is 0.553. The van der Waals surface area contributed by atoms with Crippen molar-refractivity contribution in [3.63, 3.8) is 0 Å². The van der Waals surface area contributed by atoms with Crippen molar-refractivity contribution in [3.05, 3.63) is 63.8 Å². The normalized spacial score (nSPS) is 18.9. The molecule has 2 fully saturated rings. The Hall–Kier alpha value is -3.26. The molecule has 1 unspecified atom stereocenters. The van der Waals surface area contributed by atoms with E-state index in [0.29, 0.717) is 23.0 Å². The van der Waals surface area contributed by atoms with Gasteiger partial charge in [0, 0.05) is 37.4 Å². The molecule has 4 heterocycles. The van der Waals surface area contributed by atoms with Gasteiger partial charge in [-0.1, -0.05) is 0 Å². The molecule has 3 aromatic rings. The number of pyridine rings is 3. The minimum atomic E-state index is -0.124. The summed E-state index contributed by atoms with van der Waals surface area (Å²) >= 11 is 0. The third-order valence-corrected chi connectivity index (χ3v) is 5.75. The van der Waals surface area contributed by atoms with Gasteiger partial charge in [-0.3, -0.25) is 19.5 Å². The third-order valence-electron chi connectivity index (χ3n) is 5.75.